The van der Waals surface area contributed by atoms with Gasteiger partial charge in [-0.25, -0.2) is 0 Å². The highest BCUT2D eigenvalue weighted by molar-refractivity contribution is 6.31. The average molecular weight is 475 g/mol. The second-order valence-corrected chi connectivity index (χ2v) is 8.09. The van der Waals surface area contributed by atoms with Crippen molar-refractivity contribution in [3.8, 4) is 22.6 Å². The van der Waals surface area contributed by atoms with Crippen LogP contribution in [0.1, 0.15) is 26.5 Å². The SMILES string of the molecule is CNC(=O)c1cc(Oc2cccc(-c3c[nH]c(C(=O)N(C)c4ccc(C)c(Cl)c4)c3)c2)ccn1. The highest BCUT2D eigenvalue weighted by atomic mass is 35.5. The van der Waals surface area contributed by atoms with E-state index in [1.54, 1.807) is 49.5 Å². The van der Waals surface area contributed by atoms with E-state index >= 15 is 0 Å². The fourth-order valence-electron chi connectivity index (χ4n) is 3.37. The first-order valence-corrected chi connectivity index (χ1v) is 10.9. The lowest BCUT2D eigenvalue weighted by atomic mass is 10.1. The molecule has 0 radical (unpaired) electrons. The molecule has 7 nitrogen and oxygen atoms in total. The first-order chi connectivity index (χ1) is 16.4. The number of carbonyl (C=O) groups excluding carboxylic acids is 2. The normalized spacial score (nSPS) is 10.6. The number of rotatable bonds is 6. The van der Waals surface area contributed by atoms with E-state index in [0.717, 1.165) is 16.7 Å². The molecule has 8 heteroatoms. The Bertz CT molecular complexity index is 1370. The fraction of sp³-hybridized carbons (Fsp3) is 0.115. The molecule has 0 unspecified atom stereocenters. The van der Waals surface area contributed by atoms with E-state index in [1.807, 2.05) is 43.3 Å². The molecule has 0 atom stereocenters. The van der Waals surface area contributed by atoms with Crippen molar-refractivity contribution in [3.05, 3.63) is 95.0 Å². The summed E-state index contributed by atoms with van der Waals surface area (Å²) < 4.78 is 5.93. The second kappa shape index (κ2) is 9.80. The number of aryl methyl sites for hydroxylation is 1. The molecule has 0 aliphatic carbocycles. The van der Waals surface area contributed by atoms with Gasteiger partial charge in [0, 0.05) is 48.8 Å². The Morgan fingerprint density at radius 3 is 2.59 bits per heavy atom. The number of anilines is 1. The molecule has 0 bridgehead atoms. The summed E-state index contributed by atoms with van der Waals surface area (Å²) in [6, 6.07) is 18.0. The van der Waals surface area contributed by atoms with Crippen molar-refractivity contribution in [3.63, 3.8) is 0 Å². The van der Waals surface area contributed by atoms with Crippen molar-refractivity contribution in [1.82, 2.24) is 15.3 Å². The smallest absolute Gasteiger partial charge is 0.274 e. The Morgan fingerprint density at radius 2 is 1.82 bits per heavy atom. The van der Waals surface area contributed by atoms with Crippen molar-refractivity contribution in [2.45, 2.75) is 6.92 Å². The summed E-state index contributed by atoms with van der Waals surface area (Å²) in [5.41, 5.74) is 4.08. The number of aromatic amines is 1. The van der Waals surface area contributed by atoms with E-state index in [0.29, 0.717) is 27.9 Å². The maximum Gasteiger partial charge on any atom is 0.274 e. The number of aromatic nitrogens is 2. The van der Waals surface area contributed by atoms with Gasteiger partial charge in [-0.2, -0.15) is 0 Å². The topological polar surface area (TPSA) is 87.3 Å². The van der Waals surface area contributed by atoms with Crippen LogP contribution < -0.4 is 15.0 Å². The molecule has 2 aromatic carbocycles. The molecule has 4 aromatic rings. The van der Waals surface area contributed by atoms with Crippen LogP contribution in [0.4, 0.5) is 5.69 Å². The van der Waals surface area contributed by atoms with Crippen LogP contribution in [-0.4, -0.2) is 35.9 Å². The number of benzene rings is 2. The molecular formula is C26H23ClN4O3. The predicted octanol–water partition coefficient (Wildman–Crippen LogP) is 5.47. The zero-order chi connectivity index (χ0) is 24.2. The number of H-pyrrole nitrogens is 1. The minimum absolute atomic E-state index is 0.183. The summed E-state index contributed by atoms with van der Waals surface area (Å²) in [6.07, 6.45) is 3.30. The molecule has 172 valence electrons. The quantitative estimate of drug-likeness (QED) is 0.388. The summed E-state index contributed by atoms with van der Waals surface area (Å²) in [4.78, 5) is 33.5. The molecule has 4 rings (SSSR count). The maximum absolute atomic E-state index is 13.0. The average Bonchev–Trinajstić information content (AvgIpc) is 3.35. The Morgan fingerprint density at radius 1 is 1.03 bits per heavy atom. The number of hydrogen-bond acceptors (Lipinski definition) is 4. The zero-order valence-corrected chi connectivity index (χ0v) is 19.7. The lowest BCUT2D eigenvalue weighted by molar-refractivity contribution is 0.0956. The first kappa shape index (κ1) is 23.1. The van der Waals surface area contributed by atoms with E-state index in [9.17, 15) is 9.59 Å². The van der Waals surface area contributed by atoms with Gasteiger partial charge in [-0.1, -0.05) is 29.8 Å². The summed E-state index contributed by atoms with van der Waals surface area (Å²) in [5, 5.41) is 3.15. The number of ether oxygens (including phenoxy) is 1. The van der Waals surface area contributed by atoms with Gasteiger partial charge in [-0.3, -0.25) is 14.6 Å². The van der Waals surface area contributed by atoms with Crippen molar-refractivity contribution in [2.24, 2.45) is 0 Å². The Labute approximate surface area is 202 Å². The van der Waals surface area contributed by atoms with E-state index < -0.39 is 0 Å². The van der Waals surface area contributed by atoms with Gasteiger partial charge >= 0.3 is 0 Å². The minimum Gasteiger partial charge on any atom is -0.457 e. The number of halogens is 1. The lowest BCUT2D eigenvalue weighted by Gasteiger charge is -2.17. The summed E-state index contributed by atoms with van der Waals surface area (Å²) in [6.45, 7) is 1.92. The van der Waals surface area contributed by atoms with Crippen LogP contribution in [0.5, 0.6) is 11.5 Å². The maximum atomic E-state index is 13.0. The molecule has 0 aliphatic heterocycles. The number of hydrogen-bond donors (Lipinski definition) is 2. The number of pyridine rings is 1. The van der Waals surface area contributed by atoms with Crippen LogP contribution in [0.15, 0.2) is 73.1 Å². The summed E-state index contributed by atoms with van der Waals surface area (Å²) in [7, 11) is 3.25. The molecular weight excluding hydrogens is 452 g/mol. The van der Waals surface area contributed by atoms with Crippen molar-refractivity contribution >= 4 is 29.1 Å². The Balaban J connectivity index is 1.53. The molecule has 0 fully saturated rings. The Hall–Kier alpha value is -4.10. The monoisotopic (exact) mass is 474 g/mol. The van der Waals surface area contributed by atoms with Crippen LogP contribution in [0.25, 0.3) is 11.1 Å². The molecule has 0 saturated heterocycles. The molecule has 2 amide bonds. The third-order valence-corrected chi connectivity index (χ3v) is 5.76. The van der Waals surface area contributed by atoms with Gasteiger partial charge < -0.3 is 19.9 Å². The number of nitrogens with one attached hydrogen (secondary N) is 2. The van der Waals surface area contributed by atoms with E-state index in [2.05, 4.69) is 15.3 Å². The third-order valence-electron chi connectivity index (χ3n) is 5.35. The van der Waals surface area contributed by atoms with Gasteiger partial charge in [-0.15, -0.1) is 0 Å². The van der Waals surface area contributed by atoms with E-state index in [4.69, 9.17) is 16.3 Å². The number of nitrogens with zero attached hydrogens (tertiary/aromatic N) is 2. The van der Waals surface area contributed by atoms with Crippen LogP contribution in [0, 0.1) is 6.92 Å². The van der Waals surface area contributed by atoms with Crippen LogP contribution in [0.3, 0.4) is 0 Å². The molecule has 0 aliphatic rings. The molecule has 0 saturated carbocycles. The molecule has 34 heavy (non-hydrogen) atoms. The fourth-order valence-corrected chi connectivity index (χ4v) is 3.55. The van der Waals surface area contributed by atoms with Gasteiger partial charge in [0.2, 0.25) is 0 Å². The third kappa shape index (κ3) is 4.94. The Kier molecular flexibility index (Phi) is 6.65. The van der Waals surface area contributed by atoms with Crippen molar-refractivity contribution in [1.29, 1.82) is 0 Å². The summed E-state index contributed by atoms with van der Waals surface area (Å²) in [5.74, 6) is 0.611. The number of carbonyl (C=O) groups is 2. The molecule has 2 aromatic heterocycles. The minimum atomic E-state index is -0.290. The zero-order valence-electron chi connectivity index (χ0n) is 18.9. The van der Waals surface area contributed by atoms with E-state index in [-0.39, 0.29) is 17.5 Å². The van der Waals surface area contributed by atoms with Gasteiger partial charge in [0.1, 0.15) is 22.9 Å². The second-order valence-electron chi connectivity index (χ2n) is 7.69. The highest BCUT2D eigenvalue weighted by Gasteiger charge is 2.17. The lowest BCUT2D eigenvalue weighted by Crippen LogP contribution is -2.26. The highest BCUT2D eigenvalue weighted by Crippen LogP contribution is 2.29. The predicted molar refractivity (Wildman–Crippen MR) is 133 cm³/mol. The molecule has 2 N–H and O–H groups in total. The van der Waals surface area contributed by atoms with Gasteiger partial charge in [0.15, 0.2) is 0 Å². The largest absolute Gasteiger partial charge is 0.457 e. The standard InChI is InChI=1S/C26H23ClN4O3/c1-16-7-8-19(13-22(16)27)31(3)26(33)24-12-18(15-30-24)17-5-4-6-20(11-17)34-21-9-10-29-23(14-21)25(32)28-2/h4-15,30H,1-3H3,(H,28,32). The van der Waals surface area contributed by atoms with Crippen LogP contribution in [-0.2, 0) is 0 Å². The van der Waals surface area contributed by atoms with Crippen molar-refractivity contribution in [2.75, 3.05) is 19.0 Å². The molecule has 0 spiro atoms. The van der Waals surface area contributed by atoms with Crippen LogP contribution >= 0.6 is 11.6 Å². The first-order valence-electron chi connectivity index (χ1n) is 10.5. The van der Waals surface area contributed by atoms with Gasteiger partial charge in [-0.05, 0) is 54.4 Å². The molecule has 2 heterocycles. The van der Waals surface area contributed by atoms with Crippen LogP contribution in [0.2, 0.25) is 5.02 Å². The van der Waals surface area contributed by atoms with Crippen molar-refractivity contribution < 1.29 is 14.3 Å². The number of amides is 2. The summed E-state index contributed by atoms with van der Waals surface area (Å²) >= 11 is 6.22. The van der Waals surface area contributed by atoms with E-state index in [1.165, 1.54) is 6.20 Å². The van der Waals surface area contributed by atoms with Gasteiger partial charge in [0.05, 0.1) is 0 Å². The van der Waals surface area contributed by atoms with Gasteiger partial charge in [0.25, 0.3) is 11.8 Å².